The summed E-state index contributed by atoms with van der Waals surface area (Å²) in [6, 6.07) is 10.1. The summed E-state index contributed by atoms with van der Waals surface area (Å²) in [6.07, 6.45) is 0.755. The summed E-state index contributed by atoms with van der Waals surface area (Å²) < 4.78 is 5.43. The number of nitrogens with one attached hydrogen (secondary N) is 1. The van der Waals surface area contributed by atoms with Crippen LogP contribution in [0.1, 0.15) is 5.82 Å². The molecule has 3 N–H and O–H groups in total. The highest BCUT2D eigenvalue weighted by Crippen LogP contribution is 2.31. The van der Waals surface area contributed by atoms with Gasteiger partial charge in [-0.3, -0.25) is 0 Å². The minimum Gasteiger partial charge on any atom is -0.496 e. The predicted molar refractivity (Wildman–Crippen MR) is 80.2 cm³/mol. The Morgan fingerprint density at radius 3 is 2.84 bits per heavy atom. The van der Waals surface area contributed by atoms with Crippen molar-refractivity contribution in [3.63, 3.8) is 0 Å². The number of halogens is 1. The van der Waals surface area contributed by atoms with Crippen LogP contribution < -0.4 is 10.5 Å². The van der Waals surface area contributed by atoms with Gasteiger partial charge in [0.15, 0.2) is 0 Å². The average Bonchev–Trinajstić information content (AvgIpc) is 2.81. The van der Waals surface area contributed by atoms with Gasteiger partial charge in [-0.25, -0.2) is 4.98 Å². The van der Waals surface area contributed by atoms with E-state index in [0.717, 1.165) is 39.8 Å². The summed E-state index contributed by atoms with van der Waals surface area (Å²) in [7, 11) is 1.68. The number of rotatable bonds is 3. The van der Waals surface area contributed by atoms with Crippen molar-refractivity contribution in [3.05, 3.63) is 36.2 Å². The monoisotopic (exact) mass is 277 g/mol. The highest BCUT2D eigenvalue weighted by Gasteiger charge is 2.10. The fourth-order valence-electron chi connectivity index (χ4n) is 2.29. The van der Waals surface area contributed by atoms with Crippen LogP contribution in [0.4, 0.5) is 0 Å². The highest BCUT2D eigenvalue weighted by atomic mass is 35.5. The third-order valence-electron chi connectivity index (χ3n) is 3.11. The summed E-state index contributed by atoms with van der Waals surface area (Å²) in [5, 5.41) is 2.18. The highest BCUT2D eigenvalue weighted by molar-refractivity contribution is 6.07. The van der Waals surface area contributed by atoms with Gasteiger partial charge in [0, 0.05) is 6.42 Å². The molecule has 0 aliphatic heterocycles. The number of nitrogens with two attached hydrogens (primary N) is 1. The second-order valence-electron chi connectivity index (χ2n) is 4.24. The van der Waals surface area contributed by atoms with Gasteiger partial charge in [0.25, 0.3) is 0 Å². The van der Waals surface area contributed by atoms with Crippen LogP contribution in [-0.2, 0) is 6.42 Å². The van der Waals surface area contributed by atoms with Gasteiger partial charge in [-0.1, -0.05) is 18.2 Å². The molecule has 0 saturated carbocycles. The SMILES string of the molecule is COc1cccc2ccc3[nH]c(CCN)nc3c12.Cl. The number of H-pyrrole nitrogens is 1. The van der Waals surface area contributed by atoms with Gasteiger partial charge in [0.1, 0.15) is 17.1 Å². The molecule has 4 nitrogen and oxygen atoms in total. The van der Waals surface area contributed by atoms with Crippen molar-refractivity contribution < 1.29 is 4.74 Å². The molecule has 0 radical (unpaired) electrons. The third kappa shape index (κ3) is 2.25. The summed E-state index contributed by atoms with van der Waals surface area (Å²) in [4.78, 5) is 7.92. The molecule has 0 bridgehead atoms. The molecule has 2 aromatic carbocycles. The van der Waals surface area contributed by atoms with Crippen LogP contribution in [0.25, 0.3) is 21.8 Å². The van der Waals surface area contributed by atoms with Gasteiger partial charge < -0.3 is 15.5 Å². The lowest BCUT2D eigenvalue weighted by molar-refractivity contribution is 0.420. The van der Waals surface area contributed by atoms with Gasteiger partial charge in [-0.05, 0) is 24.1 Å². The number of benzene rings is 2. The van der Waals surface area contributed by atoms with E-state index in [1.54, 1.807) is 7.11 Å². The first-order valence-electron chi connectivity index (χ1n) is 5.98. The molecule has 5 heteroatoms. The van der Waals surface area contributed by atoms with E-state index < -0.39 is 0 Å². The van der Waals surface area contributed by atoms with Crippen LogP contribution in [-0.4, -0.2) is 23.6 Å². The van der Waals surface area contributed by atoms with Gasteiger partial charge in [-0.15, -0.1) is 12.4 Å². The summed E-state index contributed by atoms with van der Waals surface area (Å²) >= 11 is 0. The van der Waals surface area contributed by atoms with Crippen molar-refractivity contribution in [1.29, 1.82) is 0 Å². The first kappa shape index (κ1) is 13.6. The maximum atomic E-state index is 5.57. The molecule has 3 rings (SSSR count). The summed E-state index contributed by atoms with van der Waals surface area (Å²) in [6.45, 7) is 0.592. The number of hydrogen-bond acceptors (Lipinski definition) is 3. The van der Waals surface area contributed by atoms with E-state index in [1.807, 2.05) is 18.2 Å². The number of imidazole rings is 1. The van der Waals surface area contributed by atoms with E-state index in [0.29, 0.717) is 6.54 Å². The normalized spacial score (nSPS) is 10.6. The number of aromatic amines is 1. The number of aromatic nitrogens is 2. The largest absolute Gasteiger partial charge is 0.496 e. The third-order valence-corrected chi connectivity index (χ3v) is 3.11. The van der Waals surface area contributed by atoms with Crippen molar-refractivity contribution in [3.8, 4) is 5.75 Å². The lowest BCUT2D eigenvalue weighted by atomic mass is 10.1. The van der Waals surface area contributed by atoms with Crippen molar-refractivity contribution in [2.45, 2.75) is 6.42 Å². The van der Waals surface area contributed by atoms with E-state index >= 15 is 0 Å². The molecule has 1 aromatic heterocycles. The maximum Gasteiger partial charge on any atom is 0.128 e. The Morgan fingerprint density at radius 1 is 1.26 bits per heavy atom. The van der Waals surface area contributed by atoms with E-state index in [4.69, 9.17) is 10.5 Å². The minimum atomic E-state index is 0. The zero-order valence-corrected chi connectivity index (χ0v) is 11.5. The molecule has 0 aliphatic carbocycles. The topological polar surface area (TPSA) is 63.9 Å². The summed E-state index contributed by atoms with van der Waals surface area (Å²) in [5.74, 6) is 1.77. The molecule has 0 atom stereocenters. The van der Waals surface area contributed by atoms with Crippen molar-refractivity contribution >= 4 is 34.2 Å². The number of hydrogen-bond donors (Lipinski definition) is 2. The number of methoxy groups -OCH3 is 1. The second-order valence-corrected chi connectivity index (χ2v) is 4.24. The first-order chi connectivity index (χ1) is 8.83. The Morgan fingerprint density at radius 2 is 2.11 bits per heavy atom. The first-order valence-corrected chi connectivity index (χ1v) is 5.98. The Bertz CT molecular complexity index is 708. The molecule has 0 aliphatic rings. The van der Waals surface area contributed by atoms with Crippen molar-refractivity contribution in [2.75, 3.05) is 13.7 Å². The molecule has 0 fully saturated rings. The average molecular weight is 278 g/mol. The van der Waals surface area contributed by atoms with Crippen LogP contribution in [0, 0.1) is 0 Å². The maximum absolute atomic E-state index is 5.57. The second kappa shape index (κ2) is 5.47. The van der Waals surface area contributed by atoms with Gasteiger partial charge in [0.2, 0.25) is 0 Å². The molecule has 100 valence electrons. The van der Waals surface area contributed by atoms with Crippen molar-refractivity contribution in [2.24, 2.45) is 5.73 Å². The molecular weight excluding hydrogens is 262 g/mol. The lowest BCUT2D eigenvalue weighted by Crippen LogP contribution is -2.03. The molecule has 1 heterocycles. The number of fused-ring (bicyclic) bond motifs is 3. The molecule has 19 heavy (non-hydrogen) atoms. The standard InChI is InChI=1S/C14H15N3O.ClH/c1-18-11-4-2-3-9-5-6-10-14(13(9)11)17-12(16-10)7-8-15;/h2-6H,7-8,15H2,1H3,(H,16,17);1H. The van der Waals surface area contributed by atoms with Crippen LogP contribution >= 0.6 is 12.4 Å². The van der Waals surface area contributed by atoms with Crippen LogP contribution in [0.2, 0.25) is 0 Å². The zero-order valence-electron chi connectivity index (χ0n) is 10.6. The predicted octanol–water partition coefficient (Wildman–Crippen LogP) is 2.65. The van der Waals surface area contributed by atoms with Crippen molar-refractivity contribution in [1.82, 2.24) is 9.97 Å². The molecule has 0 amide bonds. The van der Waals surface area contributed by atoms with E-state index in [9.17, 15) is 0 Å². The number of nitrogens with zero attached hydrogens (tertiary/aromatic N) is 1. The van der Waals surface area contributed by atoms with Gasteiger partial charge >= 0.3 is 0 Å². The Labute approximate surface area is 117 Å². The molecule has 0 spiro atoms. The molecule has 0 unspecified atom stereocenters. The fraction of sp³-hybridized carbons (Fsp3) is 0.214. The number of ether oxygens (including phenoxy) is 1. The molecule has 0 saturated heterocycles. The Kier molecular flexibility index (Phi) is 3.93. The molecular formula is C14H16ClN3O. The van der Waals surface area contributed by atoms with Gasteiger partial charge in [-0.2, -0.15) is 0 Å². The van der Waals surface area contributed by atoms with Crippen LogP contribution in [0.15, 0.2) is 30.3 Å². The van der Waals surface area contributed by atoms with Gasteiger partial charge in [0.05, 0.1) is 18.0 Å². The lowest BCUT2D eigenvalue weighted by Gasteiger charge is -2.05. The Balaban J connectivity index is 0.00000133. The van der Waals surface area contributed by atoms with E-state index in [2.05, 4.69) is 22.1 Å². The van der Waals surface area contributed by atoms with Crippen LogP contribution in [0.3, 0.4) is 0 Å². The quantitative estimate of drug-likeness (QED) is 0.774. The smallest absolute Gasteiger partial charge is 0.128 e. The zero-order chi connectivity index (χ0) is 12.5. The Hall–Kier alpha value is -1.78. The van der Waals surface area contributed by atoms with E-state index in [1.165, 1.54) is 0 Å². The van der Waals surface area contributed by atoms with E-state index in [-0.39, 0.29) is 12.4 Å². The fourth-order valence-corrected chi connectivity index (χ4v) is 2.29. The van der Waals surface area contributed by atoms with Crippen LogP contribution in [0.5, 0.6) is 5.75 Å². The minimum absolute atomic E-state index is 0. The molecule has 3 aromatic rings. The summed E-state index contributed by atoms with van der Waals surface area (Å²) in [5.41, 5.74) is 7.54.